The second-order valence-electron chi connectivity index (χ2n) is 4.01. The summed E-state index contributed by atoms with van der Waals surface area (Å²) in [5.41, 5.74) is 6.26. The van der Waals surface area contributed by atoms with Crippen LogP contribution >= 0.6 is 11.6 Å². The van der Waals surface area contributed by atoms with E-state index in [1.807, 2.05) is 0 Å². The van der Waals surface area contributed by atoms with Crippen molar-refractivity contribution in [1.29, 1.82) is 0 Å². The van der Waals surface area contributed by atoms with E-state index in [9.17, 15) is 8.78 Å². The predicted octanol–water partition coefficient (Wildman–Crippen LogP) is 3.67. The molecule has 2 N–H and O–H groups in total. The van der Waals surface area contributed by atoms with Gasteiger partial charge in [0, 0.05) is 5.56 Å². The van der Waals surface area contributed by atoms with Crippen molar-refractivity contribution in [3.63, 3.8) is 0 Å². The number of halogens is 3. The zero-order chi connectivity index (χ0) is 14.0. The lowest BCUT2D eigenvalue weighted by Crippen LogP contribution is -2.15. The molecule has 0 radical (unpaired) electrons. The number of hydrogen-bond donors (Lipinski definition) is 1. The van der Waals surface area contributed by atoms with Crippen molar-refractivity contribution in [1.82, 2.24) is 0 Å². The maximum absolute atomic E-state index is 13.7. The van der Waals surface area contributed by atoms with E-state index in [2.05, 4.69) is 0 Å². The third-order valence-electron chi connectivity index (χ3n) is 2.85. The summed E-state index contributed by atoms with van der Waals surface area (Å²) in [4.78, 5) is 0. The summed E-state index contributed by atoms with van der Waals surface area (Å²) < 4.78 is 32.4. The smallest absolute Gasteiger partial charge is 0.137 e. The molecule has 0 aromatic heterocycles. The minimum Gasteiger partial charge on any atom is -0.495 e. The maximum Gasteiger partial charge on any atom is 0.137 e. The van der Waals surface area contributed by atoms with Gasteiger partial charge in [-0.15, -0.1) is 0 Å². The molecular formula is C14H12ClF2NO. The summed E-state index contributed by atoms with van der Waals surface area (Å²) in [6, 6.07) is 7.47. The van der Waals surface area contributed by atoms with E-state index in [1.165, 1.54) is 25.3 Å². The van der Waals surface area contributed by atoms with Crippen LogP contribution in [0.4, 0.5) is 8.78 Å². The maximum atomic E-state index is 13.7. The Morgan fingerprint density at radius 3 is 2.37 bits per heavy atom. The van der Waals surface area contributed by atoms with Crippen LogP contribution in [-0.4, -0.2) is 7.11 Å². The molecule has 0 heterocycles. The molecule has 5 heteroatoms. The van der Waals surface area contributed by atoms with Crippen molar-refractivity contribution >= 4 is 11.6 Å². The van der Waals surface area contributed by atoms with Crippen molar-refractivity contribution in [3.05, 3.63) is 64.2 Å². The van der Waals surface area contributed by atoms with E-state index in [-0.39, 0.29) is 5.56 Å². The Morgan fingerprint density at radius 2 is 1.79 bits per heavy atom. The lowest BCUT2D eigenvalue weighted by molar-refractivity contribution is 0.414. The second-order valence-corrected chi connectivity index (χ2v) is 4.41. The first-order chi connectivity index (χ1) is 9.04. The Bertz CT molecular complexity index is 584. The number of benzene rings is 2. The fourth-order valence-corrected chi connectivity index (χ4v) is 2.04. The molecular weight excluding hydrogens is 272 g/mol. The summed E-state index contributed by atoms with van der Waals surface area (Å²) in [7, 11) is 1.46. The zero-order valence-electron chi connectivity index (χ0n) is 10.2. The SMILES string of the molecule is COc1cc(C(N)c2c(F)cccc2F)ccc1Cl. The molecule has 2 rings (SSSR count). The van der Waals surface area contributed by atoms with Gasteiger partial charge in [-0.05, 0) is 29.8 Å². The standard InChI is InChI=1S/C14H12ClF2NO/c1-19-12-7-8(5-6-9(12)15)14(18)13-10(16)3-2-4-11(13)17/h2-7,14H,18H2,1H3. The van der Waals surface area contributed by atoms with Crippen LogP contribution in [0, 0.1) is 11.6 Å². The number of nitrogens with two attached hydrogens (primary N) is 1. The number of ether oxygens (including phenoxy) is 1. The minimum absolute atomic E-state index is 0.174. The molecule has 2 aromatic rings. The number of methoxy groups -OCH3 is 1. The van der Waals surface area contributed by atoms with Crippen molar-refractivity contribution in [2.45, 2.75) is 6.04 Å². The van der Waals surface area contributed by atoms with Crippen LogP contribution < -0.4 is 10.5 Å². The topological polar surface area (TPSA) is 35.2 Å². The van der Waals surface area contributed by atoms with Crippen molar-refractivity contribution in [3.8, 4) is 5.75 Å². The lowest BCUT2D eigenvalue weighted by atomic mass is 9.98. The van der Waals surface area contributed by atoms with Crippen LogP contribution in [0.25, 0.3) is 0 Å². The van der Waals surface area contributed by atoms with E-state index in [4.69, 9.17) is 22.1 Å². The fraction of sp³-hybridized carbons (Fsp3) is 0.143. The van der Waals surface area contributed by atoms with E-state index < -0.39 is 17.7 Å². The van der Waals surface area contributed by atoms with Gasteiger partial charge in [0.15, 0.2) is 0 Å². The van der Waals surface area contributed by atoms with Gasteiger partial charge in [-0.25, -0.2) is 8.78 Å². The van der Waals surface area contributed by atoms with Crippen molar-refractivity contribution in [2.24, 2.45) is 5.73 Å². The Morgan fingerprint density at radius 1 is 1.16 bits per heavy atom. The van der Waals surface area contributed by atoms with Crippen LogP contribution in [0.15, 0.2) is 36.4 Å². The summed E-state index contributed by atoms with van der Waals surface area (Å²) >= 11 is 5.90. The van der Waals surface area contributed by atoms with Gasteiger partial charge in [0.25, 0.3) is 0 Å². The Hall–Kier alpha value is -1.65. The molecule has 0 aliphatic rings. The van der Waals surface area contributed by atoms with Crippen LogP contribution in [0.1, 0.15) is 17.2 Å². The fourth-order valence-electron chi connectivity index (χ4n) is 1.84. The average molecular weight is 284 g/mol. The van der Waals surface area contributed by atoms with Gasteiger partial charge < -0.3 is 10.5 Å². The summed E-state index contributed by atoms with van der Waals surface area (Å²) in [5.74, 6) is -0.950. The minimum atomic E-state index is -0.924. The first-order valence-electron chi connectivity index (χ1n) is 5.57. The molecule has 2 aromatic carbocycles. The molecule has 0 bridgehead atoms. The van der Waals surface area contributed by atoms with E-state index in [1.54, 1.807) is 18.2 Å². The van der Waals surface area contributed by atoms with Gasteiger partial charge in [-0.3, -0.25) is 0 Å². The first kappa shape index (κ1) is 13.8. The highest BCUT2D eigenvalue weighted by molar-refractivity contribution is 6.32. The summed E-state index contributed by atoms with van der Waals surface area (Å²) in [5, 5.41) is 0.410. The monoisotopic (exact) mass is 283 g/mol. The van der Waals surface area contributed by atoms with Gasteiger partial charge in [0.05, 0.1) is 18.2 Å². The van der Waals surface area contributed by atoms with Gasteiger partial charge in [0.2, 0.25) is 0 Å². The quantitative estimate of drug-likeness (QED) is 0.933. The first-order valence-corrected chi connectivity index (χ1v) is 5.95. The van der Waals surface area contributed by atoms with Crippen LogP contribution in [0.2, 0.25) is 5.02 Å². The highest BCUT2D eigenvalue weighted by atomic mass is 35.5. The number of rotatable bonds is 3. The van der Waals surface area contributed by atoms with E-state index >= 15 is 0 Å². The highest BCUT2D eigenvalue weighted by Gasteiger charge is 2.19. The van der Waals surface area contributed by atoms with Crippen molar-refractivity contribution < 1.29 is 13.5 Å². The normalized spacial score (nSPS) is 12.3. The van der Waals surface area contributed by atoms with Gasteiger partial charge in [-0.1, -0.05) is 23.7 Å². The predicted molar refractivity (Wildman–Crippen MR) is 70.4 cm³/mol. The summed E-state index contributed by atoms with van der Waals surface area (Å²) in [6.45, 7) is 0. The van der Waals surface area contributed by atoms with E-state index in [0.717, 1.165) is 0 Å². The second kappa shape index (κ2) is 5.55. The van der Waals surface area contributed by atoms with Gasteiger partial charge in [0.1, 0.15) is 17.4 Å². The lowest BCUT2D eigenvalue weighted by Gasteiger charge is -2.15. The molecule has 1 unspecified atom stereocenters. The Balaban J connectivity index is 2.47. The molecule has 100 valence electrons. The van der Waals surface area contributed by atoms with Gasteiger partial charge in [-0.2, -0.15) is 0 Å². The molecule has 0 aliphatic carbocycles. The number of hydrogen-bond acceptors (Lipinski definition) is 2. The third-order valence-corrected chi connectivity index (χ3v) is 3.16. The molecule has 19 heavy (non-hydrogen) atoms. The molecule has 0 aliphatic heterocycles. The van der Waals surface area contributed by atoms with Gasteiger partial charge >= 0.3 is 0 Å². The van der Waals surface area contributed by atoms with Crippen LogP contribution in [0.5, 0.6) is 5.75 Å². The molecule has 0 spiro atoms. The molecule has 1 atom stereocenters. The molecule has 2 nitrogen and oxygen atoms in total. The Labute approximate surface area is 114 Å². The third kappa shape index (κ3) is 2.69. The molecule has 0 saturated carbocycles. The highest BCUT2D eigenvalue weighted by Crippen LogP contribution is 2.31. The largest absolute Gasteiger partial charge is 0.495 e. The molecule has 0 amide bonds. The molecule has 0 saturated heterocycles. The molecule has 0 fully saturated rings. The van der Waals surface area contributed by atoms with Crippen LogP contribution in [0.3, 0.4) is 0 Å². The summed E-state index contributed by atoms with van der Waals surface area (Å²) in [6.07, 6.45) is 0. The Kier molecular flexibility index (Phi) is 4.02. The zero-order valence-corrected chi connectivity index (χ0v) is 10.9. The van der Waals surface area contributed by atoms with Crippen molar-refractivity contribution in [2.75, 3.05) is 7.11 Å². The average Bonchev–Trinajstić information content (AvgIpc) is 2.39. The van der Waals surface area contributed by atoms with E-state index in [0.29, 0.717) is 16.3 Å². The van der Waals surface area contributed by atoms with Crippen LogP contribution in [-0.2, 0) is 0 Å².